The van der Waals surface area contributed by atoms with Crippen LogP contribution >= 0.6 is 0 Å². The van der Waals surface area contributed by atoms with E-state index in [1.165, 1.54) is 13.2 Å². The SMILES string of the molecule is COCCONS(=O)(=O)c1cccc2cc(C)cnc12. The van der Waals surface area contributed by atoms with E-state index in [4.69, 9.17) is 9.57 Å². The first-order valence-corrected chi connectivity index (χ1v) is 7.51. The summed E-state index contributed by atoms with van der Waals surface area (Å²) in [6.07, 6.45) is 1.63. The Morgan fingerprint density at radius 2 is 2.10 bits per heavy atom. The molecule has 0 amide bonds. The second kappa shape index (κ2) is 6.27. The number of ether oxygens (including phenoxy) is 1. The average Bonchev–Trinajstić information content (AvgIpc) is 2.42. The first-order valence-electron chi connectivity index (χ1n) is 6.02. The van der Waals surface area contributed by atoms with E-state index in [-0.39, 0.29) is 11.5 Å². The number of aryl methyl sites for hydroxylation is 1. The number of pyridine rings is 1. The van der Waals surface area contributed by atoms with Crippen LogP contribution in [0.2, 0.25) is 0 Å². The lowest BCUT2D eigenvalue weighted by Gasteiger charge is -2.09. The van der Waals surface area contributed by atoms with Gasteiger partial charge in [0.1, 0.15) is 4.90 Å². The van der Waals surface area contributed by atoms with Gasteiger partial charge in [0.25, 0.3) is 10.0 Å². The highest BCUT2D eigenvalue weighted by Gasteiger charge is 2.18. The Kier molecular flexibility index (Phi) is 4.66. The maximum Gasteiger partial charge on any atom is 0.264 e. The smallest absolute Gasteiger partial charge is 0.264 e. The summed E-state index contributed by atoms with van der Waals surface area (Å²) in [4.78, 5) is 11.2. The van der Waals surface area contributed by atoms with Crippen molar-refractivity contribution in [3.8, 4) is 0 Å². The number of hydrogen-bond acceptors (Lipinski definition) is 5. The predicted octanol–water partition coefficient (Wildman–Crippen LogP) is 1.40. The van der Waals surface area contributed by atoms with Crippen LogP contribution in [0.25, 0.3) is 10.9 Å². The molecule has 0 aliphatic heterocycles. The van der Waals surface area contributed by atoms with Gasteiger partial charge in [0.15, 0.2) is 0 Å². The molecule has 1 N–H and O–H groups in total. The molecule has 0 unspecified atom stereocenters. The third-order valence-corrected chi connectivity index (χ3v) is 3.90. The van der Waals surface area contributed by atoms with Gasteiger partial charge in [-0.25, -0.2) is 8.42 Å². The molecule has 0 saturated carbocycles. The minimum Gasteiger partial charge on any atom is -0.382 e. The van der Waals surface area contributed by atoms with Crippen LogP contribution in [-0.2, 0) is 19.6 Å². The maximum atomic E-state index is 12.2. The normalized spacial score (nSPS) is 11.9. The first kappa shape index (κ1) is 14.9. The van der Waals surface area contributed by atoms with Gasteiger partial charge in [0.2, 0.25) is 0 Å². The number of hydrogen-bond donors (Lipinski definition) is 1. The van der Waals surface area contributed by atoms with E-state index in [0.717, 1.165) is 10.9 Å². The maximum absolute atomic E-state index is 12.2. The minimum atomic E-state index is -3.77. The van der Waals surface area contributed by atoms with Gasteiger partial charge < -0.3 is 4.74 Å². The van der Waals surface area contributed by atoms with Crippen molar-refractivity contribution >= 4 is 20.9 Å². The Balaban J connectivity index is 2.32. The Morgan fingerprint density at radius 1 is 1.30 bits per heavy atom. The number of nitrogens with one attached hydrogen (secondary N) is 1. The number of benzene rings is 1. The lowest BCUT2D eigenvalue weighted by atomic mass is 10.2. The molecular formula is C13H16N2O4S. The fourth-order valence-electron chi connectivity index (χ4n) is 1.75. The summed E-state index contributed by atoms with van der Waals surface area (Å²) >= 11 is 0. The molecule has 0 saturated heterocycles. The van der Waals surface area contributed by atoms with Crippen molar-refractivity contribution in [3.05, 3.63) is 36.0 Å². The summed E-state index contributed by atoms with van der Waals surface area (Å²) in [6.45, 7) is 2.34. The van der Waals surface area contributed by atoms with Gasteiger partial charge >= 0.3 is 0 Å². The topological polar surface area (TPSA) is 77.5 Å². The van der Waals surface area contributed by atoms with Crippen molar-refractivity contribution in [1.29, 1.82) is 0 Å². The van der Waals surface area contributed by atoms with Crippen LogP contribution in [0.15, 0.2) is 35.4 Å². The number of nitrogens with zero attached hydrogens (tertiary/aromatic N) is 1. The molecule has 1 heterocycles. The monoisotopic (exact) mass is 296 g/mol. The molecule has 1 aromatic heterocycles. The van der Waals surface area contributed by atoms with Crippen LogP contribution in [0.4, 0.5) is 0 Å². The first-order chi connectivity index (χ1) is 9.54. The van der Waals surface area contributed by atoms with Crippen LogP contribution < -0.4 is 4.89 Å². The van der Waals surface area contributed by atoms with E-state index in [0.29, 0.717) is 12.1 Å². The lowest BCUT2D eigenvalue weighted by Crippen LogP contribution is -2.26. The second-order valence-electron chi connectivity index (χ2n) is 4.27. The Labute approximate surface area is 117 Å². The van der Waals surface area contributed by atoms with Gasteiger partial charge in [-0.3, -0.25) is 9.82 Å². The third kappa shape index (κ3) is 3.31. The van der Waals surface area contributed by atoms with E-state index in [2.05, 4.69) is 9.87 Å². The van der Waals surface area contributed by atoms with Crippen molar-refractivity contribution in [2.24, 2.45) is 0 Å². The molecule has 0 spiro atoms. The van der Waals surface area contributed by atoms with Gasteiger partial charge in [0.05, 0.1) is 18.7 Å². The van der Waals surface area contributed by atoms with E-state index in [9.17, 15) is 8.42 Å². The van der Waals surface area contributed by atoms with Crippen LogP contribution in [0.5, 0.6) is 0 Å². The zero-order valence-corrected chi connectivity index (χ0v) is 12.1. The molecule has 2 rings (SSSR count). The minimum absolute atomic E-state index is 0.0902. The van der Waals surface area contributed by atoms with Crippen molar-refractivity contribution < 1.29 is 18.0 Å². The predicted molar refractivity (Wildman–Crippen MR) is 74.6 cm³/mol. The largest absolute Gasteiger partial charge is 0.382 e. The Morgan fingerprint density at radius 3 is 2.85 bits per heavy atom. The van der Waals surface area contributed by atoms with E-state index < -0.39 is 10.0 Å². The molecule has 1 aromatic carbocycles. The molecule has 20 heavy (non-hydrogen) atoms. The number of fused-ring (bicyclic) bond motifs is 1. The summed E-state index contributed by atoms with van der Waals surface area (Å²) in [5.41, 5.74) is 1.39. The second-order valence-corrected chi connectivity index (χ2v) is 5.88. The van der Waals surface area contributed by atoms with Crippen LogP contribution in [0.1, 0.15) is 5.56 Å². The molecule has 0 fully saturated rings. The molecule has 108 valence electrons. The van der Waals surface area contributed by atoms with Crippen LogP contribution in [-0.4, -0.2) is 33.7 Å². The Bertz CT molecular complexity index is 701. The summed E-state index contributed by atoms with van der Waals surface area (Å²) in [5.74, 6) is 0. The lowest BCUT2D eigenvalue weighted by molar-refractivity contribution is 0.0439. The Hall–Kier alpha value is -1.54. The van der Waals surface area contributed by atoms with Gasteiger partial charge in [-0.1, -0.05) is 17.0 Å². The van der Waals surface area contributed by atoms with Crippen LogP contribution in [0, 0.1) is 6.92 Å². The molecule has 0 radical (unpaired) electrons. The number of aromatic nitrogens is 1. The fourth-order valence-corrected chi connectivity index (χ4v) is 2.76. The van der Waals surface area contributed by atoms with Crippen molar-refractivity contribution in [1.82, 2.24) is 9.87 Å². The van der Waals surface area contributed by atoms with Crippen molar-refractivity contribution in [2.45, 2.75) is 11.8 Å². The van der Waals surface area contributed by atoms with E-state index in [1.807, 2.05) is 19.1 Å². The van der Waals surface area contributed by atoms with Gasteiger partial charge in [-0.2, -0.15) is 0 Å². The van der Waals surface area contributed by atoms with Crippen LogP contribution in [0.3, 0.4) is 0 Å². The quantitative estimate of drug-likeness (QED) is 0.644. The van der Waals surface area contributed by atoms with E-state index >= 15 is 0 Å². The number of para-hydroxylation sites is 1. The van der Waals surface area contributed by atoms with Gasteiger partial charge in [-0.15, -0.1) is 0 Å². The molecule has 7 heteroatoms. The molecule has 6 nitrogen and oxygen atoms in total. The highest BCUT2D eigenvalue weighted by Crippen LogP contribution is 2.21. The molecule has 0 aliphatic rings. The molecule has 0 atom stereocenters. The number of sulfonamides is 1. The number of methoxy groups -OCH3 is 1. The van der Waals surface area contributed by atoms with Gasteiger partial charge in [0, 0.05) is 18.7 Å². The fraction of sp³-hybridized carbons (Fsp3) is 0.308. The highest BCUT2D eigenvalue weighted by molar-refractivity contribution is 7.89. The van der Waals surface area contributed by atoms with Crippen molar-refractivity contribution in [3.63, 3.8) is 0 Å². The third-order valence-electron chi connectivity index (χ3n) is 2.66. The molecule has 2 aromatic rings. The summed E-state index contributed by atoms with van der Waals surface area (Å²) in [7, 11) is -2.26. The molecule has 0 bridgehead atoms. The summed E-state index contributed by atoms with van der Waals surface area (Å²) in [5, 5.41) is 0.768. The number of rotatable bonds is 6. The zero-order valence-electron chi connectivity index (χ0n) is 11.3. The average molecular weight is 296 g/mol. The summed E-state index contributed by atoms with van der Waals surface area (Å²) < 4.78 is 29.1. The van der Waals surface area contributed by atoms with E-state index in [1.54, 1.807) is 12.3 Å². The van der Waals surface area contributed by atoms with Gasteiger partial charge in [-0.05, 0) is 24.6 Å². The zero-order chi connectivity index (χ0) is 14.6. The molecule has 0 aliphatic carbocycles. The molecular weight excluding hydrogens is 280 g/mol. The van der Waals surface area contributed by atoms with Crippen molar-refractivity contribution in [2.75, 3.05) is 20.3 Å². The summed E-state index contributed by atoms with van der Waals surface area (Å²) in [6, 6.07) is 6.87. The standard InChI is InChI=1S/C13H16N2O4S/c1-10-8-11-4-3-5-12(13(11)14-9-10)20(16,17)15-19-7-6-18-2/h3-5,8-9,15H,6-7H2,1-2H3. The highest BCUT2D eigenvalue weighted by atomic mass is 32.2.